The minimum absolute atomic E-state index is 0.669. The first kappa shape index (κ1) is 14.7. The van der Waals surface area contributed by atoms with Gasteiger partial charge in [-0.05, 0) is 37.8 Å². The van der Waals surface area contributed by atoms with Gasteiger partial charge in [0.2, 0.25) is 0 Å². The monoisotopic (exact) mass is 290 g/mol. The fourth-order valence-electron chi connectivity index (χ4n) is 3.11. The van der Waals surface area contributed by atoms with Crippen LogP contribution in [0.15, 0.2) is 24.3 Å². The number of ether oxygens (including phenoxy) is 2. The molecule has 0 aromatic heterocycles. The van der Waals surface area contributed by atoms with Crippen molar-refractivity contribution >= 4 is 0 Å². The van der Waals surface area contributed by atoms with Gasteiger partial charge in [0.25, 0.3) is 0 Å². The summed E-state index contributed by atoms with van der Waals surface area (Å²) in [5.41, 5.74) is 0. The summed E-state index contributed by atoms with van der Waals surface area (Å²) in [6.07, 6.45) is 2.80. The SMILES string of the molecule is CCOc1ccccc1OCCN1CCNCC1C1CC1. The molecule has 0 spiro atoms. The van der Waals surface area contributed by atoms with Crippen molar-refractivity contribution in [1.82, 2.24) is 10.2 Å². The molecule has 116 valence electrons. The number of hydrogen-bond donors (Lipinski definition) is 1. The molecule has 4 nitrogen and oxygen atoms in total. The highest BCUT2D eigenvalue weighted by Crippen LogP contribution is 2.35. The van der Waals surface area contributed by atoms with E-state index in [2.05, 4.69) is 10.2 Å². The fraction of sp³-hybridized carbons (Fsp3) is 0.647. The number of piperazine rings is 1. The number of rotatable bonds is 7. The van der Waals surface area contributed by atoms with E-state index in [1.807, 2.05) is 31.2 Å². The molecule has 1 N–H and O–H groups in total. The van der Waals surface area contributed by atoms with Gasteiger partial charge in [-0.25, -0.2) is 0 Å². The maximum Gasteiger partial charge on any atom is 0.161 e. The van der Waals surface area contributed by atoms with Crippen LogP contribution in [0, 0.1) is 5.92 Å². The lowest BCUT2D eigenvalue weighted by atomic mass is 10.1. The Hall–Kier alpha value is -1.26. The maximum absolute atomic E-state index is 5.95. The van der Waals surface area contributed by atoms with Gasteiger partial charge in [-0.3, -0.25) is 4.90 Å². The molecule has 1 unspecified atom stereocenters. The molecule has 1 saturated carbocycles. The maximum atomic E-state index is 5.95. The molecule has 1 aromatic rings. The third-order valence-corrected chi connectivity index (χ3v) is 4.35. The van der Waals surface area contributed by atoms with Crippen molar-refractivity contribution in [2.24, 2.45) is 5.92 Å². The van der Waals surface area contributed by atoms with Crippen LogP contribution >= 0.6 is 0 Å². The quantitative estimate of drug-likeness (QED) is 0.834. The molecule has 3 rings (SSSR count). The molecule has 1 aliphatic heterocycles. The van der Waals surface area contributed by atoms with E-state index in [1.165, 1.54) is 12.8 Å². The average Bonchev–Trinajstić information content (AvgIpc) is 3.34. The van der Waals surface area contributed by atoms with Crippen molar-refractivity contribution in [2.75, 3.05) is 39.4 Å². The van der Waals surface area contributed by atoms with Crippen molar-refractivity contribution in [3.63, 3.8) is 0 Å². The van der Waals surface area contributed by atoms with Crippen molar-refractivity contribution < 1.29 is 9.47 Å². The van der Waals surface area contributed by atoms with E-state index in [4.69, 9.17) is 9.47 Å². The molecule has 1 aromatic carbocycles. The van der Waals surface area contributed by atoms with Crippen LogP contribution in [0.1, 0.15) is 19.8 Å². The highest BCUT2D eigenvalue weighted by atomic mass is 16.5. The average molecular weight is 290 g/mol. The molecular weight excluding hydrogens is 264 g/mol. The van der Waals surface area contributed by atoms with E-state index < -0.39 is 0 Å². The number of nitrogens with one attached hydrogen (secondary N) is 1. The van der Waals surface area contributed by atoms with Gasteiger partial charge in [-0.2, -0.15) is 0 Å². The standard InChI is InChI=1S/C17H26N2O2/c1-2-20-16-5-3-4-6-17(16)21-12-11-19-10-9-18-13-15(19)14-7-8-14/h3-6,14-15,18H,2,7-13H2,1H3. The van der Waals surface area contributed by atoms with Gasteiger partial charge in [0.1, 0.15) is 6.61 Å². The molecule has 1 aliphatic carbocycles. The summed E-state index contributed by atoms with van der Waals surface area (Å²) in [6, 6.07) is 8.65. The number of nitrogens with zero attached hydrogens (tertiary/aromatic N) is 1. The molecular formula is C17H26N2O2. The number of benzene rings is 1. The third kappa shape index (κ3) is 3.89. The van der Waals surface area contributed by atoms with Crippen LogP contribution in [-0.4, -0.2) is 50.3 Å². The normalized spacial score (nSPS) is 23.0. The Bertz CT molecular complexity index is 448. The predicted octanol–water partition coefficient (Wildman–Crippen LogP) is 2.15. The molecule has 0 amide bonds. The molecule has 0 radical (unpaired) electrons. The van der Waals surface area contributed by atoms with Crippen LogP contribution in [0.2, 0.25) is 0 Å². The lowest BCUT2D eigenvalue weighted by molar-refractivity contribution is 0.119. The molecule has 21 heavy (non-hydrogen) atoms. The Morgan fingerprint density at radius 2 is 1.95 bits per heavy atom. The Labute approximate surface area is 127 Å². The molecule has 0 bridgehead atoms. The topological polar surface area (TPSA) is 33.7 Å². The van der Waals surface area contributed by atoms with Crippen LogP contribution < -0.4 is 14.8 Å². The van der Waals surface area contributed by atoms with Gasteiger partial charge in [0.15, 0.2) is 11.5 Å². The summed E-state index contributed by atoms with van der Waals surface area (Å²) in [6.45, 7) is 7.77. The van der Waals surface area contributed by atoms with Crippen molar-refractivity contribution in [3.05, 3.63) is 24.3 Å². The smallest absolute Gasteiger partial charge is 0.161 e. The first-order valence-corrected chi connectivity index (χ1v) is 8.18. The number of para-hydroxylation sites is 2. The van der Waals surface area contributed by atoms with Crippen LogP contribution in [-0.2, 0) is 0 Å². The van der Waals surface area contributed by atoms with E-state index in [0.29, 0.717) is 12.6 Å². The minimum atomic E-state index is 0.669. The predicted molar refractivity (Wildman–Crippen MR) is 84.1 cm³/mol. The summed E-state index contributed by atoms with van der Waals surface area (Å²) in [7, 11) is 0. The Morgan fingerprint density at radius 3 is 2.67 bits per heavy atom. The Balaban J connectivity index is 1.51. The van der Waals surface area contributed by atoms with Crippen LogP contribution in [0.25, 0.3) is 0 Å². The van der Waals surface area contributed by atoms with Crippen LogP contribution in [0.5, 0.6) is 11.5 Å². The van der Waals surface area contributed by atoms with E-state index in [0.717, 1.165) is 50.2 Å². The fourth-order valence-corrected chi connectivity index (χ4v) is 3.11. The van der Waals surface area contributed by atoms with Gasteiger partial charge in [0, 0.05) is 32.2 Å². The van der Waals surface area contributed by atoms with Gasteiger partial charge in [0.05, 0.1) is 6.61 Å². The van der Waals surface area contributed by atoms with Gasteiger partial charge in [-0.15, -0.1) is 0 Å². The Kier molecular flexibility index (Phi) is 4.99. The van der Waals surface area contributed by atoms with E-state index in [-0.39, 0.29) is 0 Å². The highest BCUT2D eigenvalue weighted by molar-refractivity contribution is 5.39. The van der Waals surface area contributed by atoms with Crippen molar-refractivity contribution in [3.8, 4) is 11.5 Å². The zero-order valence-corrected chi connectivity index (χ0v) is 12.9. The summed E-state index contributed by atoms with van der Waals surface area (Å²) in [4.78, 5) is 2.59. The lowest BCUT2D eigenvalue weighted by Crippen LogP contribution is -2.53. The summed E-state index contributed by atoms with van der Waals surface area (Å²) >= 11 is 0. The number of hydrogen-bond acceptors (Lipinski definition) is 4. The van der Waals surface area contributed by atoms with Gasteiger partial charge >= 0.3 is 0 Å². The van der Waals surface area contributed by atoms with Gasteiger partial charge in [-0.1, -0.05) is 12.1 Å². The highest BCUT2D eigenvalue weighted by Gasteiger charge is 2.36. The largest absolute Gasteiger partial charge is 0.490 e. The first-order chi connectivity index (χ1) is 10.4. The lowest BCUT2D eigenvalue weighted by Gasteiger charge is -2.36. The van der Waals surface area contributed by atoms with Gasteiger partial charge < -0.3 is 14.8 Å². The summed E-state index contributed by atoms with van der Waals surface area (Å²) in [5, 5.41) is 3.52. The molecule has 2 fully saturated rings. The summed E-state index contributed by atoms with van der Waals surface area (Å²) in [5.74, 6) is 2.62. The second-order valence-corrected chi connectivity index (χ2v) is 5.87. The Morgan fingerprint density at radius 1 is 1.19 bits per heavy atom. The van der Waals surface area contributed by atoms with E-state index >= 15 is 0 Å². The zero-order valence-electron chi connectivity index (χ0n) is 12.9. The molecule has 4 heteroatoms. The second-order valence-electron chi connectivity index (χ2n) is 5.87. The van der Waals surface area contributed by atoms with Crippen molar-refractivity contribution in [1.29, 1.82) is 0 Å². The zero-order chi connectivity index (χ0) is 14.5. The third-order valence-electron chi connectivity index (χ3n) is 4.35. The molecule has 1 saturated heterocycles. The summed E-state index contributed by atoms with van der Waals surface area (Å²) < 4.78 is 11.6. The first-order valence-electron chi connectivity index (χ1n) is 8.18. The van der Waals surface area contributed by atoms with E-state index in [9.17, 15) is 0 Å². The van der Waals surface area contributed by atoms with Crippen molar-refractivity contribution in [2.45, 2.75) is 25.8 Å². The van der Waals surface area contributed by atoms with Crippen LogP contribution in [0.3, 0.4) is 0 Å². The van der Waals surface area contributed by atoms with Crippen LogP contribution in [0.4, 0.5) is 0 Å². The molecule has 1 heterocycles. The molecule has 1 atom stereocenters. The second kappa shape index (κ2) is 7.14. The minimum Gasteiger partial charge on any atom is -0.490 e. The van der Waals surface area contributed by atoms with E-state index in [1.54, 1.807) is 0 Å². The molecule has 2 aliphatic rings.